The highest BCUT2D eigenvalue weighted by atomic mass is 35.5. The predicted molar refractivity (Wildman–Crippen MR) is 147 cm³/mol. The fraction of sp³-hybridized carbons (Fsp3) is 0.207. The van der Waals surface area contributed by atoms with Gasteiger partial charge in [0.2, 0.25) is 0 Å². The Balaban J connectivity index is 1.69. The predicted octanol–water partition coefficient (Wildman–Crippen LogP) is 4.86. The molecule has 0 amide bonds. The third kappa shape index (κ3) is 4.49. The van der Waals surface area contributed by atoms with E-state index < -0.39 is 12.0 Å². The molecule has 0 radical (unpaired) electrons. The lowest BCUT2D eigenvalue weighted by Crippen LogP contribution is -2.39. The van der Waals surface area contributed by atoms with Crippen LogP contribution in [-0.2, 0) is 9.53 Å². The Labute approximate surface area is 223 Å². The maximum Gasteiger partial charge on any atom is 0.338 e. The molecule has 0 bridgehead atoms. The molecule has 8 heteroatoms. The zero-order valence-corrected chi connectivity index (χ0v) is 22.6. The fourth-order valence-electron chi connectivity index (χ4n) is 4.83. The van der Waals surface area contributed by atoms with E-state index in [2.05, 4.69) is 15.6 Å². The van der Waals surface area contributed by atoms with Crippen LogP contribution in [-0.4, -0.2) is 21.7 Å². The second-order valence-electron chi connectivity index (χ2n) is 8.85. The Hall–Kier alpha value is -3.68. The highest BCUT2D eigenvalue weighted by molar-refractivity contribution is 7.07. The molecule has 0 fully saturated rings. The number of hydrogen-bond donors (Lipinski definition) is 0. The number of thiazole rings is 1. The molecule has 0 saturated carbocycles. The van der Waals surface area contributed by atoms with Gasteiger partial charge in [0.15, 0.2) is 4.80 Å². The number of aromatic nitrogens is 2. The Morgan fingerprint density at radius 2 is 1.86 bits per heavy atom. The van der Waals surface area contributed by atoms with E-state index in [0.29, 0.717) is 25.6 Å². The number of carbonyl (C=O) groups excluding carboxylic acids is 1. The second-order valence-corrected chi connectivity index (χ2v) is 10.3. The normalized spacial score (nSPS) is 15.5. The molecule has 1 aliphatic heterocycles. The molecule has 0 N–H and O–H groups in total. The summed E-state index contributed by atoms with van der Waals surface area (Å²) in [5.41, 5.74) is 5.48. The third-order valence-electron chi connectivity index (χ3n) is 6.46. The molecule has 1 atom stereocenters. The second kappa shape index (κ2) is 10.00. The van der Waals surface area contributed by atoms with Crippen LogP contribution in [0.2, 0.25) is 5.02 Å². The summed E-state index contributed by atoms with van der Waals surface area (Å²) in [4.78, 5) is 32.0. The Bertz CT molecular complexity index is 1730. The number of aryl methyl sites for hydroxylation is 1. The molecule has 2 aromatic heterocycles. The number of nitrogens with zero attached hydrogens (tertiary/aromatic N) is 3. The smallest absolute Gasteiger partial charge is 0.338 e. The Kier molecular flexibility index (Phi) is 6.75. The average Bonchev–Trinajstić information content (AvgIpc) is 3.33. The minimum absolute atomic E-state index is 0.195. The van der Waals surface area contributed by atoms with Gasteiger partial charge in [0.05, 0.1) is 28.5 Å². The molecule has 2 aromatic carbocycles. The van der Waals surface area contributed by atoms with Crippen LogP contribution in [0.15, 0.2) is 81.7 Å². The summed E-state index contributed by atoms with van der Waals surface area (Å²) in [6, 6.07) is 18.7. The molecule has 5 rings (SSSR count). The average molecular weight is 532 g/mol. The highest BCUT2D eigenvalue weighted by Gasteiger charge is 2.33. The number of hydrogen-bond acceptors (Lipinski definition) is 5. The number of ether oxygens (including phenoxy) is 1. The molecule has 188 valence electrons. The number of esters is 1. The molecule has 6 nitrogen and oxygen atoms in total. The van der Waals surface area contributed by atoms with Gasteiger partial charge in [-0.1, -0.05) is 59.3 Å². The van der Waals surface area contributed by atoms with Gasteiger partial charge in [-0.05, 0) is 69.2 Å². The van der Waals surface area contributed by atoms with Crippen molar-refractivity contribution in [3.05, 3.63) is 119 Å². The van der Waals surface area contributed by atoms with Gasteiger partial charge in [-0.25, -0.2) is 9.79 Å². The van der Waals surface area contributed by atoms with E-state index in [4.69, 9.17) is 16.3 Å². The summed E-state index contributed by atoms with van der Waals surface area (Å²) in [6.07, 6.45) is 1.90. The first-order valence-electron chi connectivity index (χ1n) is 12.0. The summed E-state index contributed by atoms with van der Waals surface area (Å²) < 4.78 is 9.63. The number of carbonyl (C=O) groups is 1. The number of allylic oxidation sites excluding steroid dienone is 1. The van der Waals surface area contributed by atoms with E-state index in [9.17, 15) is 9.59 Å². The van der Waals surface area contributed by atoms with Crippen LogP contribution >= 0.6 is 22.9 Å². The fourth-order valence-corrected chi connectivity index (χ4v) is 6.05. The third-order valence-corrected chi connectivity index (χ3v) is 7.67. The van der Waals surface area contributed by atoms with Gasteiger partial charge < -0.3 is 9.30 Å². The summed E-state index contributed by atoms with van der Waals surface area (Å²) in [5, 5.41) is 0.661. The van der Waals surface area contributed by atoms with Crippen molar-refractivity contribution in [1.29, 1.82) is 0 Å². The van der Waals surface area contributed by atoms with Gasteiger partial charge in [-0.2, -0.15) is 0 Å². The molecule has 4 aromatic rings. The van der Waals surface area contributed by atoms with Crippen LogP contribution in [0.25, 0.3) is 11.8 Å². The summed E-state index contributed by atoms with van der Waals surface area (Å²) in [7, 11) is 0. The molecule has 37 heavy (non-hydrogen) atoms. The molecule has 0 saturated heterocycles. The minimum Gasteiger partial charge on any atom is -0.463 e. The van der Waals surface area contributed by atoms with Crippen LogP contribution in [0.4, 0.5) is 0 Å². The molecule has 3 heterocycles. The number of benzene rings is 2. The van der Waals surface area contributed by atoms with Crippen molar-refractivity contribution < 1.29 is 9.53 Å². The van der Waals surface area contributed by atoms with E-state index in [-0.39, 0.29) is 12.2 Å². The van der Waals surface area contributed by atoms with Gasteiger partial charge >= 0.3 is 5.97 Å². The lowest BCUT2D eigenvalue weighted by atomic mass is 9.96. The Morgan fingerprint density at radius 1 is 1.11 bits per heavy atom. The number of rotatable bonds is 5. The number of fused-ring (bicyclic) bond motifs is 1. The maximum absolute atomic E-state index is 13.8. The standard InChI is InChI=1S/C29H26ClN3O3S/c1-5-36-28(35)25-18(3)31-29-33(26(25)20-10-7-6-8-11-20)27(34)24(37-29)15-21-14-17(2)32(19(21)4)23-13-9-12-22(30)16-23/h6-16,26H,5H2,1-4H3/b24-15+/t26-/m1/s1. The van der Waals surface area contributed by atoms with Crippen molar-refractivity contribution in [3.8, 4) is 5.69 Å². The highest BCUT2D eigenvalue weighted by Crippen LogP contribution is 2.30. The van der Waals surface area contributed by atoms with Crippen molar-refractivity contribution >= 4 is 35.0 Å². The zero-order valence-electron chi connectivity index (χ0n) is 21.0. The van der Waals surface area contributed by atoms with Crippen molar-refractivity contribution in [2.75, 3.05) is 6.61 Å². The first-order valence-corrected chi connectivity index (χ1v) is 13.2. The topological polar surface area (TPSA) is 65.6 Å². The molecule has 0 unspecified atom stereocenters. The molecular formula is C29H26ClN3O3S. The van der Waals surface area contributed by atoms with Gasteiger partial charge in [0, 0.05) is 22.1 Å². The quantitative estimate of drug-likeness (QED) is 0.345. The lowest BCUT2D eigenvalue weighted by molar-refractivity contribution is -0.139. The molecule has 1 aliphatic rings. The zero-order chi connectivity index (χ0) is 26.3. The van der Waals surface area contributed by atoms with E-state index in [1.54, 1.807) is 18.4 Å². The first-order chi connectivity index (χ1) is 17.8. The Morgan fingerprint density at radius 3 is 2.57 bits per heavy atom. The van der Waals surface area contributed by atoms with E-state index in [0.717, 1.165) is 28.2 Å². The van der Waals surface area contributed by atoms with Crippen LogP contribution in [0, 0.1) is 13.8 Å². The summed E-state index contributed by atoms with van der Waals surface area (Å²) in [5.74, 6) is -0.461. The SMILES string of the molecule is CCOC(=O)C1=C(C)N=c2s/c(=C/c3cc(C)n(-c4cccc(Cl)c4)c3C)c(=O)n2[C@@H]1c1ccccc1. The van der Waals surface area contributed by atoms with Crippen molar-refractivity contribution in [2.24, 2.45) is 4.99 Å². The van der Waals surface area contributed by atoms with Crippen LogP contribution in [0.3, 0.4) is 0 Å². The van der Waals surface area contributed by atoms with Crippen LogP contribution < -0.4 is 14.9 Å². The molecule has 0 aliphatic carbocycles. The van der Waals surface area contributed by atoms with E-state index in [1.165, 1.54) is 11.3 Å². The molecule has 0 spiro atoms. The van der Waals surface area contributed by atoms with Gasteiger partial charge in [-0.3, -0.25) is 9.36 Å². The van der Waals surface area contributed by atoms with Gasteiger partial charge in [0.1, 0.15) is 0 Å². The van der Waals surface area contributed by atoms with Crippen LogP contribution in [0.5, 0.6) is 0 Å². The largest absolute Gasteiger partial charge is 0.463 e. The van der Waals surface area contributed by atoms with E-state index >= 15 is 0 Å². The summed E-state index contributed by atoms with van der Waals surface area (Å²) >= 11 is 7.55. The van der Waals surface area contributed by atoms with Gasteiger partial charge in [0.25, 0.3) is 5.56 Å². The number of halogens is 1. The lowest BCUT2D eigenvalue weighted by Gasteiger charge is -2.24. The molecular weight excluding hydrogens is 506 g/mol. The monoisotopic (exact) mass is 531 g/mol. The van der Waals surface area contributed by atoms with E-state index in [1.807, 2.05) is 74.5 Å². The summed E-state index contributed by atoms with van der Waals surface area (Å²) in [6.45, 7) is 7.84. The van der Waals surface area contributed by atoms with Crippen molar-refractivity contribution in [2.45, 2.75) is 33.7 Å². The van der Waals surface area contributed by atoms with Crippen molar-refractivity contribution in [1.82, 2.24) is 9.13 Å². The first kappa shape index (κ1) is 25.0. The van der Waals surface area contributed by atoms with Crippen LogP contribution in [0.1, 0.15) is 42.4 Å². The van der Waals surface area contributed by atoms with Gasteiger partial charge in [-0.15, -0.1) is 0 Å². The maximum atomic E-state index is 13.8. The minimum atomic E-state index is -0.613. The van der Waals surface area contributed by atoms with Crippen molar-refractivity contribution in [3.63, 3.8) is 0 Å².